The van der Waals surface area contributed by atoms with Crippen molar-refractivity contribution in [2.24, 2.45) is 0 Å². The average molecular weight is 367 g/mol. The molecule has 1 aliphatic heterocycles. The molecular formula is C21H25N3O3. The van der Waals surface area contributed by atoms with Gasteiger partial charge in [0.1, 0.15) is 0 Å². The Morgan fingerprint density at radius 1 is 0.889 bits per heavy atom. The van der Waals surface area contributed by atoms with Crippen molar-refractivity contribution in [1.29, 1.82) is 0 Å². The molecule has 2 aliphatic rings. The summed E-state index contributed by atoms with van der Waals surface area (Å²) in [5.74, 6) is 0.972. The Morgan fingerprint density at radius 2 is 1.67 bits per heavy atom. The van der Waals surface area contributed by atoms with Crippen LogP contribution in [0.4, 0.5) is 16.2 Å². The zero-order valence-corrected chi connectivity index (χ0v) is 15.3. The van der Waals surface area contributed by atoms with Crippen molar-refractivity contribution in [3.8, 4) is 11.5 Å². The molecule has 2 aromatic carbocycles. The summed E-state index contributed by atoms with van der Waals surface area (Å²) in [5.41, 5.74) is 1.73. The maximum atomic E-state index is 12.1. The van der Waals surface area contributed by atoms with Gasteiger partial charge in [0.15, 0.2) is 11.5 Å². The zero-order valence-electron chi connectivity index (χ0n) is 15.3. The van der Waals surface area contributed by atoms with E-state index in [1.165, 1.54) is 6.42 Å². The molecule has 3 N–H and O–H groups in total. The Labute approximate surface area is 159 Å². The topological polar surface area (TPSA) is 71.6 Å². The summed E-state index contributed by atoms with van der Waals surface area (Å²) >= 11 is 0. The first-order chi connectivity index (χ1) is 13.2. The predicted octanol–water partition coefficient (Wildman–Crippen LogP) is 4.35. The minimum absolute atomic E-state index is 0.240. The largest absolute Gasteiger partial charge is 0.448 e. The number of nitrogens with one attached hydrogen (secondary N) is 3. The van der Waals surface area contributed by atoms with Crippen LogP contribution in [-0.2, 0) is 0 Å². The lowest BCUT2D eigenvalue weighted by Crippen LogP contribution is -2.40. The lowest BCUT2D eigenvalue weighted by Gasteiger charge is -2.31. The Kier molecular flexibility index (Phi) is 5.05. The van der Waals surface area contributed by atoms with Gasteiger partial charge in [0.2, 0.25) is 0 Å². The number of anilines is 2. The number of carbonyl (C=O) groups excluding carboxylic acids is 1. The second-order valence-electron chi connectivity index (χ2n) is 7.01. The number of carbonyl (C=O) groups is 1. The van der Waals surface area contributed by atoms with Gasteiger partial charge in [-0.1, -0.05) is 24.6 Å². The van der Waals surface area contributed by atoms with Crippen molar-refractivity contribution in [3.63, 3.8) is 0 Å². The molecule has 0 radical (unpaired) electrons. The van der Waals surface area contributed by atoms with E-state index in [9.17, 15) is 4.79 Å². The number of hydrogen-bond acceptors (Lipinski definition) is 4. The van der Waals surface area contributed by atoms with Crippen LogP contribution in [0, 0.1) is 0 Å². The van der Waals surface area contributed by atoms with Gasteiger partial charge in [0, 0.05) is 43.4 Å². The Bertz CT molecular complexity index is 789. The number of rotatable bonds is 5. The number of urea groups is 1. The van der Waals surface area contributed by atoms with Crippen LogP contribution in [0.5, 0.6) is 11.5 Å². The van der Waals surface area contributed by atoms with E-state index in [1.54, 1.807) is 0 Å². The highest BCUT2D eigenvalue weighted by molar-refractivity contribution is 5.89. The van der Waals surface area contributed by atoms with Gasteiger partial charge in [-0.3, -0.25) is 0 Å². The predicted molar refractivity (Wildman–Crippen MR) is 105 cm³/mol. The average Bonchev–Trinajstić information content (AvgIpc) is 3.03. The van der Waals surface area contributed by atoms with Gasteiger partial charge in [-0.2, -0.15) is 0 Å². The summed E-state index contributed by atoms with van der Waals surface area (Å²) in [6, 6.07) is 15.2. The van der Waals surface area contributed by atoms with E-state index in [0.29, 0.717) is 24.5 Å². The summed E-state index contributed by atoms with van der Waals surface area (Å²) in [6.45, 7) is 1.18. The van der Waals surface area contributed by atoms with Crippen molar-refractivity contribution >= 4 is 17.4 Å². The third-order valence-electron chi connectivity index (χ3n) is 4.92. The van der Waals surface area contributed by atoms with E-state index in [4.69, 9.17) is 9.47 Å². The van der Waals surface area contributed by atoms with E-state index in [0.717, 1.165) is 37.1 Å². The van der Waals surface area contributed by atoms with Gasteiger partial charge in [0.25, 0.3) is 5.79 Å². The van der Waals surface area contributed by atoms with E-state index in [-0.39, 0.29) is 6.03 Å². The van der Waals surface area contributed by atoms with Crippen LogP contribution in [0.2, 0.25) is 0 Å². The minimum atomic E-state index is -0.495. The van der Waals surface area contributed by atoms with Crippen molar-refractivity contribution in [2.75, 3.05) is 23.7 Å². The molecule has 142 valence electrons. The molecule has 1 heterocycles. The first kappa shape index (κ1) is 17.5. The van der Waals surface area contributed by atoms with Crippen LogP contribution in [0.3, 0.4) is 0 Å². The maximum Gasteiger partial charge on any atom is 0.319 e. The lowest BCUT2D eigenvalue weighted by molar-refractivity contribution is -0.105. The Hall–Kier alpha value is -2.89. The number of amides is 2. The van der Waals surface area contributed by atoms with Crippen LogP contribution in [0.1, 0.15) is 32.1 Å². The molecule has 27 heavy (non-hydrogen) atoms. The molecule has 6 heteroatoms. The Balaban J connectivity index is 1.25. The molecule has 4 rings (SSSR count). The van der Waals surface area contributed by atoms with Crippen LogP contribution < -0.4 is 25.4 Å². The standard InChI is InChI=1S/C21H25N3O3/c25-20(23-14-13-22-16-7-3-1-4-8-16)24-17-9-10-18-19(15-17)27-21(26-18)11-5-2-6-12-21/h1,3-4,7-10,15,22H,2,5-6,11-14H2,(H2,23,24,25). The Morgan fingerprint density at radius 3 is 2.48 bits per heavy atom. The molecule has 1 fully saturated rings. The van der Waals surface area contributed by atoms with E-state index >= 15 is 0 Å². The van der Waals surface area contributed by atoms with Gasteiger partial charge in [-0.15, -0.1) is 0 Å². The first-order valence-corrected chi connectivity index (χ1v) is 9.58. The van der Waals surface area contributed by atoms with Gasteiger partial charge >= 0.3 is 6.03 Å². The third kappa shape index (κ3) is 4.27. The summed E-state index contributed by atoms with van der Waals surface area (Å²) in [5, 5.41) is 8.94. The second-order valence-corrected chi connectivity index (χ2v) is 7.01. The quantitative estimate of drug-likeness (QED) is 0.687. The van der Waals surface area contributed by atoms with Gasteiger partial charge < -0.3 is 25.4 Å². The fourth-order valence-electron chi connectivity index (χ4n) is 3.58. The molecule has 1 aliphatic carbocycles. The molecule has 2 amide bonds. The number of para-hydroxylation sites is 1. The summed E-state index contributed by atoms with van der Waals surface area (Å²) in [6.07, 6.45) is 5.31. The molecule has 1 saturated carbocycles. The van der Waals surface area contributed by atoms with Gasteiger partial charge in [0.05, 0.1) is 0 Å². The number of fused-ring (bicyclic) bond motifs is 1. The summed E-state index contributed by atoms with van der Waals surface area (Å²) < 4.78 is 12.2. The molecule has 0 bridgehead atoms. The smallest absolute Gasteiger partial charge is 0.319 e. The lowest BCUT2D eigenvalue weighted by atomic mass is 9.94. The molecule has 2 aromatic rings. The SMILES string of the molecule is O=C(NCCNc1ccccc1)Nc1ccc2c(c1)OC1(CCCCC1)O2. The monoisotopic (exact) mass is 367 g/mol. The highest BCUT2D eigenvalue weighted by atomic mass is 16.7. The van der Waals surface area contributed by atoms with Gasteiger partial charge in [-0.05, 0) is 37.1 Å². The molecule has 0 aromatic heterocycles. The first-order valence-electron chi connectivity index (χ1n) is 9.58. The number of benzene rings is 2. The molecule has 0 saturated heterocycles. The molecule has 1 spiro atoms. The van der Waals surface area contributed by atoms with Crippen molar-refractivity contribution in [2.45, 2.75) is 37.9 Å². The second kappa shape index (κ2) is 7.78. The molecular weight excluding hydrogens is 342 g/mol. The van der Waals surface area contributed by atoms with E-state index in [2.05, 4.69) is 16.0 Å². The summed E-state index contributed by atoms with van der Waals surface area (Å²) in [7, 11) is 0. The van der Waals surface area contributed by atoms with Crippen molar-refractivity contribution in [3.05, 3.63) is 48.5 Å². The summed E-state index contributed by atoms with van der Waals surface area (Å²) in [4.78, 5) is 12.1. The maximum absolute atomic E-state index is 12.1. The third-order valence-corrected chi connectivity index (χ3v) is 4.92. The van der Waals surface area contributed by atoms with Crippen molar-refractivity contribution in [1.82, 2.24) is 5.32 Å². The molecule has 0 unspecified atom stereocenters. The zero-order chi connectivity index (χ0) is 18.5. The highest BCUT2D eigenvalue weighted by Crippen LogP contribution is 2.46. The van der Waals surface area contributed by atoms with Crippen LogP contribution >= 0.6 is 0 Å². The fourth-order valence-corrected chi connectivity index (χ4v) is 3.58. The van der Waals surface area contributed by atoms with Crippen LogP contribution in [0.25, 0.3) is 0 Å². The van der Waals surface area contributed by atoms with Crippen molar-refractivity contribution < 1.29 is 14.3 Å². The number of hydrogen-bond donors (Lipinski definition) is 3. The van der Waals surface area contributed by atoms with E-state index in [1.807, 2.05) is 48.5 Å². The highest BCUT2D eigenvalue weighted by Gasteiger charge is 2.42. The van der Waals surface area contributed by atoms with E-state index < -0.39 is 5.79 Å². The normalized spacial score (nSPS) is 16.7. The fraction of sp³-hybridized carbons (Fsp3) is 0.381. The van der Waals surface area contributed by atoms with Crippen LogP contribution in [0.15, 0.2) is 48.5 Å². The molecule has 0 atom stereocenters. The molecule has 6 nitrogen and oxygen atoms in total. The minimum Gasteiger partial charge on any atom is -0.448 e. The van der Waals surface area contributed by atoms with Crippen LogP contribution in [-0.4, -0.2) is 24.9 Å². The van der Waals surface area contributed by atoms with Gasteiger partial charge in [-0.25, -0.2) is 4.79 Å². The number of ether oxygens (including phenoxy) is 2.